The van der Waals surface area contributed by atoms with Gasteiger partial charge in [-0.15, -0.1) is 0 Å². The van der Waals surface area contributed by atoms with Crippen molar-refractivity contribution in [2.45, 2.75) is 32.4 Å². The molecule has 0 aromatic heterocycles. The first-order valence-electron chi connectivity index (χ1n) is 5.42. The number of imide groups is 1. The summed E-state index contributed by atoms with van der Waals surface area (Å²) in [7, 11) is 0. The van der Waals surface area contributed by atoms with Gasteiger partial charge in [-0.3, -0.25) is 15.0 Å². The summed E-state index contributed by atoms with van der Waals surface area (Å²) in [6.07, 6.45) is 0. The lowest BCUT2D eigenvalue weighted by molar-refractivity contribution is -0.127. The summed E-state index contributed by atoms with van der Waals surface area (Å²) in [5, 5.41) is 5.39. The fourth-order valence-corrected chi connectivity index (χ4v) is 2.08. The topological polar surface area (TPSA) is 87.5 Å². The number of urea groups is 1. The first kappa shape index (κ1) is 12.9. The quantitative estimate of drug-likeness (QED) is 0.580. The van der Waals surface area contributed by atoms with E-state index in [-0.39, 0.29) is 17.5 Å². The monoisotopic (exact) mass is 228 g/mol. The minimum Gasteiger partial charge on any atom is -0.351 e. The molecule has 3 amide bonds. The molecule has 0 aromatic carbocycles. The zero-order chi connectivity index (χ0) is 12.3. The molecule has 1 heterocycles. The standard InChI is InChI=1S/C10H20N4O2/c1-7(8(15)13-9(11)16)14-5-4-12-6-10(14,2)3/h7,12H,4-6H2,1-3H3,(H3,11,13,15,16). The summed E-state index contributed by atoms with van der Waals surface area (Å²) in [6, 6.07) is -1.16. The zero-order valence-corrected chi connectivity index (χ0v) is 10.0. The summed E-state index contributed by atoms with van der Waals surface area (Å²) in [6.45, 7) is 8.35. The van der Waals surface area contributed by atoms with Crippen molar-refractivity contribution in [1.82, 2.24) is 15.5 Å². The summed E-state index contributed by atoms with van der Waals surface area (Å²) < 4.78 is 0. The molecule has 6 heteroatoms. The fraction of sp³-hybridized carbons (Fsp3) is 0.800. The third-order valence-electron chi connectivity index (χ3n) is 2.96. The van der Waals surface area contributed by atoms with Gasteiger partial charge in [0, 0.05) is 25.2 Å². The van der Waals surface area contributed by atoms with E-state index in [4.69, 9.17) is 5.73 Å². The minimum absolute atomic E-state index is 0.105. The smallest absolute Gasteiger partial charge is 0.318 e. The Kier molecular flexibility index (Phi) is 3.88. The predicted molar refractivity (Wildman–Crippen MR) is 60.8 cm³/mol. The Bertz CT molecular complexity index is 291. The van der Waals surface area contributed by atoms with E-state index in [1.54, 1.807) is 6.92 Å². The SMILES string of the molecule is CC(C(=O)NC(N)=O)N1CCNCC1(C)C. The number of piperazine rings is 1. The Morgan fingerprint density at radius 1 is 1.50 bits per heavy atom. The Labute approximate surface area is 95.5 Å². The number of hydrogen-bond acceptors (Lipinski definition) is 4. The van der Waals surface area contributed by atoms with E-state index in [0.29, 0.717) is 0 Å². The van der Waals surface area contributed by atoms with E-state index in [1.807, 2.05) is 0 Å². The van der Waals surface area contributed by atoms with E-state index >= 15 is 0 Å². The molecule has 0 bridgehead atoms. The molecule has 1 atom stereocenters. The van der Waals surface area contributed by atoms with Gasteiger partial charge in [-0.1, -0.05) is 0 Å². The molecule has 1 aliphatic rings. The van der Waals surface area contributed by atoms with Gasteiger partial charge in [0.1, 0.15) is 0 Å². The maximum atomic E-state index is 11.7. The van der Waals surface area contributed by atoms with Gasteiger partial charge in [-0.05, 0) is 20.8 Å². The largest absolute Gasteiger partial charge is 0.351 e. The van der Waals surface area contributed by atoms with Crippen molar-refractivity contribution in [3.05, 3.63) is 0 Å². The molecule has 1 saturated heterocycles. The molecule has 0 radical (unpaired) electrons. The van der Waals surface area contributed by atoms with Crippen molar-refractivity contribution in [2.75, 3.05) is 19.6 Å². The molecule has 1 fully saturated rings. The van der Waals surface area contributed by atoms with Crippen LogP contribution in [-0.4, -0.2) is 48.1 Å². The summed E-state index contributed by atoms with van der Waals surface area (Å²) in [5.41, 5.74) is 4.82. The number of carbonyl (C=O) groups is 2. The lowest BCUT2D eigenvalue weighted by atomic mass is 9.97. The number of hydrogen-bond donors (Lipinski definition) is 3. The summed E-state index contributed by atoms with van der Waals surface area (Å²) in [5.74, 6) is -0.345. The van der Waals surface area contributed by atoms with Crippen molar-refractivity contribution < 1.29 is 9.59 Å². The molecular weight excluding hydrogens is 208 g/mol. The van der Waals surface area contributed by atoms with E-state index < -0.39 is 6.03 Å². The highest BCUT2D eigenvalue weighted by atomic mass is 16.2. The van der Waals surface area contributed by atoms with Gasteiger partial charge in [-0.25, -0.2) is 4.79 Å². The van der Waals surface area contributed by atoms with Gasteiger partial charge in [0.25, 0.3) is 0 Å². The van der Waals surface area contributed by atoms with E-state index in [0.717, 1.165) is 19.6 Å². The highest BCUT2D eigenvalue weighted by Gasteiger charge is 2.35. The molecular formula is C10H20N4O2. The van der Waals surface area contributed by atoms with Gasteiger partial charge in [0.15, 0.2) is 0 Å². The van der Waals surface area contributed by atoms with E-state index in [9.17, 15) is 9.59 Å². The van der Waals surface area contributed by atoms with Crippen LogP contribution in [0, 0.1) is 0 Å². The van der Waals surface area contributed by atoms with Gasteiger partial charge < -0.3 is 11.1 Å². The predicted octanol–water partition coefficient (Wildman–Crippen LogP) is -0.746. The highest BCUT2D eigenvalue weighted by molar-refractivity contribution is 5.96. The molecule has 1 aliphatic heterocycles. The van der Waals surface area contributed by atoms with Crippen molar-refractivity contribution in [1.29, 1.82) is 0 Å². The average Bonchev–Trinajstić information content (AvgIpc) is 2.15. The van der Waals surface area contributed by atoms with E-state index in [2.05, 4.69) is 29.4 Å². The summed E-state index contributed by atoms with van der Waals surface area (Å²) >= 11 is 0. The van der Waals surface area contributed by atoms with Crippen LogP contribution in [0.4, 0.5) is 4.79 Å². The van der Waals surface area contributed by atoms with Gasteiger partial charge in [0.05, 0.1) is 6.04 Å². The molecule has 6 nitrogen and oxygen atoms in total. The molecule has 1 unspecified atom stereocenters. The second-order valence-electron chi connectivity index (χ2n) is 4.71. The fourth-order valence-electron chi connectivity index (χ4n) is 2.08. The van der Waals surface area contributed by atoms with Crippen molar-refractivity contribution >= 4 is 11.9 Å². The van der Waals surface area contributed by atoms with Crippen LogP contribution in [-0.2, 0) is 4.79 Å². The molecule has 4 N–H and O–H groups in total. The van der Waals surface area contributed by atoms with Crippen molar-refractivity contribution in [2.24, 2.45) is 5.73 Å². The molecule has 0 aromatic rings. The number of nitrogens with one attached hydrogen (secondary N) is 2. The molecule has 0 saturated carbocycles. The maximum absolute atomic E-state index is 11.7. The molecule has 1 rings (SSSR count). The van der Waals surface area contributed by atoms with Crippen molar-refractivity contribution in [3.63, 3.8) is 0 Å². The van der Waals surface area contributed by atoms with Crippen LogP contribution < -0.4 is 16.4 Å². The Hall–Kier alpha value is -1.14. The third kappa shape index (κ3) is 2.93. The van der Waals surface area contributed by atoms with Crippen LogP contribution in [0.1, 0.15) is 20.8 Å². The molecule has 0 spiro atoms. The average molecular weight is 228 g/mol. The first-order chi connectivity index (χ1) is 7.34. The van der Waals surface area contributed by atoms with Crippen LogP contribution in [0.2, 0.25) is 0 Å². The summed E-state index contributed by atoms with van der Waals surface area (Å²) in [4.78, 5) is 24.4. The van der Waals surface area contributed by atoms with Crippen LogP contribution in [0.25, 0.3) is 0 Å². The number of nitrogens with zero attached hydrogens (tertiary/aromatic N) is 1. The molecule has 92 valence electrons. The third-order valence-corrected chi connectivity index (χ3v) is 2.96. The second kappa shape index (κ2) is 4.80. The zero-order valence-electron chi connectivity index (χ0n) is 10.0. The lowest BCUT2D eigenvalue weighted by Crippen LogP contribution is -2.63. The van der Waals surface area contributed by atoms with Gasteiger partial charge in [-0.2, -0.15) is 0 Å². The Balaban J connectivity index is 2.67. The molecule has 16 heavy (non-hydrogen) atoms. The first-order valence-corrected chi connectivity index (χ1v) is 5.42. The maximum Gasteiger partial charge on any atom is 0.318 e. The minimum atomic E-state index is -0.801. The van der Waals surface area contributed by atoms with Crippen LogP contribution >= 0.6 is 0 Å². The van der Waals surface area contributed by atoms with Crippen LogP contribution in [0.15, 0.2) is 0 Å². The highest BCUT2D eigenvalue weighted by Crippen LogP contribution is 2.19. The van der Waals surface area contributed by atoms with Gasteiger partial charge >= 0.3 is 6.03 Å². The number of nitrogens with two attached hydrogens (primary N) is 1. The lowest BCUT2D eigenvalue weighted by Gasteiger charge is -2.45. The van der Waals surface area contributed by atoms with E-state index in [1.165, 1.54) is 0 Å². The number of rotatable bonds is 2. The number of amides is 3. The van der Waals surface area contributed by atoms with Crippen LogP contribution in [0.3, 0.4) is 0 Å². The Morgan fingerprint density at radius 2 is 2.12 bits per heavy atom. The van der Waals surface area contributed by atoms with Gasteiger partial charge in [0.2, 0.25) is 5.91 Å². The molecule has 0 aliphatic carbocycles. The normalized spacial score (nSPS) is 22.4. The number of carbonyl (C=O) groups excluding carboxylic acids is 2. The van der Waals surface area contributed by atoms with Crippen molar-refractivity contribution in [3.8, 4) is 0 Å². The van der Waals surface area contributed by atoms with Crippen LogP contribution in [0.5, 0.6) is 0 Å². The number of primary amides is 1. The Morgan fingerprint density at radius 3 is 2.62 bits per heavy atom. The second-order valence-corrected chi connectivity index (χ2v) is 4.71.